The fourth-order valence-corrected chi connectivity index (χ4v) is 1.62. The van der Waals surface area contributed by atoms with Crippen LogP contribution in [0.4, 0.5) is 14.5 Å². The summed E-state index contributed by atoms with van der Waals surface area (Å²) in [5, 5.41) is 0.147. The van der Waals surface area contributed by atoms with Crippen LogP contribution in [0.2, 0.25) is 0 Å². The van der Waals surface area contributed by atoms with E-state index in [9.17, 15) is 13.5 Å². The molecule has 0 aliphatic rings. The van der Waals surface area contributed by atoms with Crippen LogP contribution >= 0.6 is 24.2 Å². The zero-order chi connectivity index (χ0) is 17.8. The van der Waals surface area contributed by atoms with Gasteiger partial charge in [-0.15, -0.1) is 0 Å². The molecule has 3 nitrogen and oxygen atoms in total. The third-order valence-corrected chi connectivity index (χ3v) is 2.88. The second-order valence-corrected chi connectivity index (χ2v) is 4.88. The summed E-state index contributed by atoms with van der Waals surface area (Å²) in [4.78, 5) is 5.00. The monoisotopic (exact) mass is 367 g/mol. The van der Waals surface area contributed by atoms with Crippen molar-refractivity contribution in [3.8, 4) is 0 Å². The van der Waals surface area contributed by atoms with E-state index < -0.39 is 0 Å². The second kappa shape index (κ2) is 11.4. The Hall–Kier alpha value is -2.12. The zero-order valence-corrected chi connectivity index (χ0v) is 14.0. The molecule has 0 radical (unpaired) electrons. The first-order valence-corrected chi connectivity index (χ1v) is 7.48. The van der Waals surface area contributed by atoms with Crippen molar-refractivity contribution in [2.45, 2.75) is 0 Å². The molecule has 1 N–H and O–H groups in total. The third-order valence-electron chi connectivity index (χ3n) is 2.40. The van der Waals surface area contributed by atoms with Gasteiger partial charge in [-0.2, -0.15) is 0 Å². The topological polar surface area (TPSA) is 38.3 Å². The summed E-state index contributed by atoms with van der Waals surface area (Å²) in [7, 11) is 0.560. The summed E-state index contributed by atoms with van der Waals surface area (Å²) < 4.78 is 34.9. The number of allylic oxidation sites excluding steroid dienone is 2. The van der Waals surface area contributed by atoms with Crippen molar-refractivity contribution in [3.05, 3.63) is 88.4 Å². The maximum atomic E-state index is 12.6. The van der Waals surface area contributed by atoms with Crippen molar-refractivity contribution in [3.63, 3.8) is 0 Å². The zero-order valence-electron chi connectivity index (χ0n) is 12.3. The molecule has 8 heteroatoms. The van der Waals surface area contributed by atoms with Crippen LogP contribution in [0.3, 0.4) is 0 Å². The van der Waals surface area contributed by atoms with Crippen LogP contribution in [0.25, 0.3) is 0 Å². The standard InChI is InChI=1S/C10H8BClFNO2S.C6H5F/c12-6-7(11-15)5-10(17)16-14-9-3-1-8(13)2-4-9;7-6-4-2-1-3-5-6/h1-6,14,17H;1-5H/b7-6-,10-5-;. The Morgan fingerprint density at radius 2 is 1.67 bits per heavy atom. The van der Waals surface area contributed by atoms with Crippen LogP contribution < -0.4 is 5.48 Å². The molecule has 2 rings (SSSR count). The van der Waals surface area contributed by atoms with Crippen LogP contribution in [0.5, 0.6) is 0 Å². The summed E-state index contributed by atoms with van der Waals surface area (Å²) in [6, 6.07) is 13.5. The van der Waals surface area contributed by atoms with Crippen molar-refractivity contribution < 1.29 is 18.3 Å². The van der Waals surface area contributed by atoms with Gasteiger partial charge >= 0.3 is 109 Å². The Morgan fingerprint density at radius 1 is 1.08 bits per heavy atom. The number of rotatable bonds is 5. The number of nitrogens with one attached hydrogen (secondary N) is 1. The van der Waals surface area contributed by atoms with E-state index >= 15 is 0 Å². The quantitative estimate of drug-likeness (QED) is 0.260. The molecule has 0 unspecified atom stereocenters. The predicted molar refractivity (Wildman–Crippen MR) is 95.0 cm³/mol. The molecule has 0 amide bonds. The Morgan fingerprint density at radius 3 is 2.12 bits per heavy atom. The summed E-state index contributed by atoms with van der Waals surface area (Å²) in [6.07, 6.45) is 1.33. The number of benzene rings is 2. The average molecular weight is 368 g/mol. The van der Waals surface area contributed by atoms with Crippen molar-refractivity contribution in [1.82, 2.24) is 0 Å². The molecule has 0 aromatic heterocycles. The fourth-order valence-electron chi connectivity index (χ4n) is 1.31. The molecule has 0 fully saturated rings. The van der Waals surface area contributed by atoms with E-state index in [4.69, 9.17) is 16.4 Å². The van der Waals surface area contributed by atoms with Gasteiger partial charge < -0.3 is 0 Å². The summed E-state index contributed by atoms with van der Waals surface area (Å²) >= 11 is 9.33. The maximum absolute atomic E-state index is 12.6. The van der Waals surface area contributed by atoms with Crippen molar-refractivity contribution in [2.24, 2.45) is 0 Å². The summed E-state index contributed by atoms with van der Waals surface area (Å²) in [5.41, 5.74) is 4.40. The van der Waals surface area contributed by atoms with Gasteiger partial charge in [-0.05, 0) is 12.1 Å². The predicted octanol–water partition coefficient (Wildman–Crippen LogP) is 4.90. The molecular weight excluding hydrogens is 355 g/mol. The first-order chi connectivity index (χ1) is 11.5. The molecule has 0 spiro atoms. The van der Waals surface area contributed by atoms with Crippen LogP contribution in [0.15, 0.2) is 76.8 Å². The van der Waals surface area contributed by atoms with Gasteiger partial charge in [0.25, 0.3) is 0 Å². The van der Waals surface area contributed by atoms with Crippen molar-refractivity contribution in [1.29, 1.82) is 0 Å². The van der Waals surface area contributed by atoms with E-state index in [0.29, 0.717) is 12.8 Å². The fraction of sp³-hybridized carbons (Fsp3) is 0. The number of hydrogen-bond acceptors (Lipinski definition) is 4. The SMILES string of the molecule is Fc1ccccc1.O=BC(/C=C(\S)ONc1ccc(F)cc1)=C\Cl. The molecule has 2 aromatic rings. The second-order valence-electron chi connectivity index (χ2n) is 4.22. The van der Waals surface area contributed by atoms with Gasteiger partial charge in [0.2, 0.25) is 0 Å². The molecule has 124 valence electrons. The van der Waals surface area contributed by atoms with Gasteiger partial charge in [0.1, 0.15) is 5.82 Å². The molecular formula is C16H13BClF2NO2S. The Balaban J connectivity index is 0.000000341. The Bertz CT molecular complexity index is 697. The molecule has 0 aliphatic carbocycles. The average Bonchev–Trinajstić information content (AvgIpc) is 2.60. The number of thiol groups is 1. The van der Waals surface area contributed by atoms with Crippen molar-refractivity contribution >= 4 is 37.1 Å². The van der Waals surface area contributed by atoms with Crippen LogP contribution in [0, 0.1) is 11.6 Å². The van der Waals surface area contributed by atoms with Gasteiger partial charge in [-0.1, -0.05) is 18.2 Å². The molecule has 0 saturated carbocycles. The van der Waals surface area contributed by atoms with E-state index in [-0.39, 0.29) is 22.2 Å². The minimum absolute atomic E-state index is 0.147. The van der Waals surface area contributed by atoms with E-state index in [1.165, 1.54) is 42.5 Å². The molecule has 0 saturated heterocycles. The molecule has 0 heterocycles. The van der Waals surface area contributed by atoms with E-state index in [0.717, 1.165) is 5.54 Å². The number of halogens is 3. The molecule has 2 aromatic carbocycles. The van der Waals surface area contributed by atoms with Gasteiger partial charge in [-0.25, -0.2) is 4.39 Å². The third kappa shape index (κ3) is 8.50. The molecule has 0 aliphatic heterocycles. The van der Waals surface area contributed by atoms with Gasteiger partial charge in [-0.3, -0.25) is 0 Å². The Kier molecular flexibility index (Phi) is 9.49. The van der Waals surface area contributed by atoms with Gasteiger partial charge in [0.05, 0.1) is 0 Å². The molecule has 0 bridgehead atoms. The number of anilines is 1. The first-order valence-electron chi connectivity index (χ1n) is 6.60. The summed E-state index contributed by atoms with van der Waals surface area (Å²) in [6.45, 7) is 0. The van der Waals surface area contributed by atoms with Crippen LogP contribution in [0.1, 0.15) is 0 Å². The van der Waals surface area contributed by atoms with E-state index in [1.54, 1.807) is 18.2 Å². The summed E-state index contributed by atoms with van der Waals surface area (Å²) in [5.74, 6) is -0.520. The molecule has 0 atom stereocenters. The van der Waals surface area contributed by atoms with Crippen LogP contribution in [-0.2, 0) is 9.54 Å². The van der Waals surface area contributed by atoms with Gasteiger partial charge in [0, 0.05) is 0 Å². The molecule has 24 heavy (non-hydrogen) atoms. The van der Waals surface area contributed by atoms with Crippen LogP contribution in [-0.4, -0.2) is 7.15 Å². The normalized spacial score (nSPS) is 11.0. The Labute approximate surface area is 149 Å². The van der Waals surface area contributed by atoms with Crippen molar-refractivity contribution in [2.75, 3.05) is 5.48 Å². The minimum atomic E-state index is -0.342. The first kappa shape index (κ1) is 19.9. The van der Waals surface area contributed by atoms with E-state index in [2.05, 4.69) is 18.1 Å². The van der Waals surface area contributed by atoms with E-state index in [1.807, 2.05) is 0 Å². The van der Waals surface area contributed by atoms with Gasteiger partial charge in [0.15, 0.2) is 0 Å². The number of hydrogen-bond donors (Lipinski definition) is 2.